The molecule has 0 bridgehead atoms. The normalized spacial score (nSPS) is 16.0. The summed E-state index contributed by atoms with van der Waals surface area (Å²) in [6.45, 7) is 7.36. The molecule has 1 heterocycles. The van der Waals surface area contributed by atoms with Crippen LogP contribution in [-0.4, -0.2) is 42.1 Å². The number of rotatable bonds is 16. The van der Waals surface area contributed by atoms with Crippen LogP contribution in [0.25, 0.3) is 0 Å². The molecular weight excluding hydrogens is 308 g/mol. The maximum absolute atomic E-state index is 9.18. The van der Waals surface area contributed by atoms with Gasteiger partial charge in [-0.2, -0.15) is 0 Å². The molecule has 0 amide bonds. The van der Waals surface area contributed by atoms with E-state index in [0.29, 0.717) is 5.92 Å². The van der Waals surface area contributed by atoms with Crippen molar-refractivity contribution in [3.63, 3.8) is 0 Å². The van der Waals surface area contributed by atoms with Crippen molar-refractivity contribution in [1.29, 1.82) is 0 Å². The molecule has 1 aliphatic heterocycles. The van der Waals surface area contributed by atoms with Crippen LogP contribution in [0.5, 0.6) is 0 Å². The van der Waals surface area contributed by atoms with Crippen molar-refractivity contribution < 1.29 is 5.11 Å². The molecule has 0 radical (unpaired) electrons. The molecule has 0 aromatic carbocycles. The van der Waals surface area contributed by atoms with Crippen LogP contribution < -0.4 is 0 Å². The molecule has 0 fully saturated rings. The second-order valence-electron chi connectivity index (χ2n) is 7.38. The van der Waals surface area contributed by atoms with Gasteiger partial charge in [-0.05, 0) is 25.7 Å². The fraction of sp³-hybridized carbons (Fsp3) is 0.864. The van der Waals surface area contributed by atoms with Gasteiger partial charge in [0, 0.05) is 19.0 Å². The second kappa shape index (κ2) is 15.4. The Balaban J connectivity index is 2.06. The number of aliphatic imine (C=N–C) groups is 1. The first-order valence-corrected chi connectivity index (χ1v) is 10.9. The topological polar surface area (TPSA) is 35.8 Å². The van der Waals surface area contributed by atoms with Crippen LogP contribution in [0.2, 0.25) is 0 Å². The van der Waals surface area contributed by atoms with E-state index in [-0.39, 0.29) is 6.61 Å². The Hall–Kier alpha value is -0.830. The molecule has 25 heavy (non-hydrogen) atoms. The molecule has 0 aromatic heterocycles. The van der Waals surface area contributed by atoms with Crippen molar-refractivity contribution in [2.24, 2.45) is 10.9 Å². The second-order valence-corrected chi connectivity index (χ2v) is 7.38. The summed E-state index contributed by atoms with van der Waals surface area (Å²) in [7, 11) is 0. The van der Waals surface area contributed by atoms with Gasteiger partial charge in [0.05, 0.1) is 13.2 Å². The largest absolute Gasteiger partial charge is 0.395 e. The molecule has 3 nitrogen and oxygen atoms in total. The first-order valence-electron chi connectivity index (χ1n) is 10.9. The first kappa shape index (κ1) is 22.2. The summed E-state index contributed by atoms with van der Waals surface area (Å²) >= 11 is 0. The minimum absolute atomic E-state index is 0.226. The van der Waals surface area contributed by atoms with E-state index >= 15 is 0 Å². The van der Waals surface area contributed by atoms with E-state index < -0.39 is 0 Å². The van der Waals surface area contributed by atoms with Crippen molar-refractivity contribution in [3.8, 4) is 0 Å². The maximum atomic E-state index is 9.18. The lowest BCUT2D eigenvalue weighted by atomic mass is 9.99. The van der Waals surface area contributed by atoms with E-state index in [0.717, 1.165) is 32.5 Å². The first-order chi connectivity index (χ1) is 12.3. The van der Waals surface area contributed by atoms with E-state index in [4.69, 9.17) is 0 Å². The third kappa shape index (κ3) is 10.0. The minimum atomic E-state index is 0.226. The Morgan fingerprint density at radius 3 is 2.32 bits per heavy atom. The Kier molecular flexibility index (Phi) is 13.7. The Labute approximate surface area is 156 Å². The molecule has 0 saturated heterocycles. The third-order valence-corrected chi connectivity index (χ3v) is 5.26. The Morgan fingerprint density at radius 2 is 1.68 bits per heavy atom. The molecule has 0 saturated carbocycles. The lowest BCUT2D eigenvalue weighted by molar-refractivity contribution is 0.252. The molecule has 146 valence electrons. The highest BCUT2D eigenvalue weighted by atomic mass is 16.3. The van der Waals surface area contributed by atoms with E-state index in [2.05, 4.69) is 35.9 Å². The highest BCUT2D eigenvalue weighted by molar-refractivity contribution is 5.86. The monoisotopic (exact) mass is 350 g/mol. The molecule has 1 atom stereocenters. The number of nitrogens with zero attached hydrogens (tertiary/aromatic N) is 2. The van der Waals surface area contributed by atoms with E-state index in [9.17, 15) is 5.11 Å². The average molecular weight is 351 g/mol. The van der Waals surface area contributed by atoms with Gasteiger partial charge in [-0.3, -0.25) is 4.99 Å². The molecular formula is C22H42N2O. The standard InChI is InChI=1S/C22H42N2O/c1-3-5-6-7-8-9-10-11-12-13-14-15-16-21(4-2)22-23-17-18-24(22)19-20-25/h14-15,21,25H,3-13,16-20H2,1-2H3. The SMILES string of the molecule is CCCCCCCCCCCC=CCC(CC)C1=NCCN1CCO. The van der Waals surface area contributed by atoms with Crippen molar-refractivity contribution in [2.45, 2.75) is 90.9 Å². The lowest BCUT2D eigenvalue weighted by Gasteiger charge is -2.24. The molecule has 0 aliphatic carbocycles. The molecule has 1 N–H and O–H groups in total. The highest BCUT2D eigenvalue weighted by Crippen LogP contribution is 2.18. The van der Waals surface area contributed by atoms with Gasteiger partial charge >= 0.3 is 0 Å². The summed E-state index contributed by atoms with van der Waals surface area (Å²) in [5.41, 5.74) is 0. The van der Waals surface area contributed by atoms with Gasteiger partial charge in [0.15, 0.2) is 0 Å². The van der Waals surface area contributed by atoms with Crippen LogP contribution in [0.3, 0.4) is 0 Å². The summed E-state index contributed by atoms with van der Waals surface area (Å²) in [6, 6.07) is 0. The van der Waals surface area contributed by atoms with Gasteiger partial charge in [0.1, 0.15) is 5.84 Å². The number of hydrogen-bond donors (Lipinski definition) is 1. The summed E-state index contributed by atoms with van der Waals surface area (Å²) in [6.07, 6.45) is 20.8. The fourth-order valence-electron chi connectivity index (χ4n) is 3.64. The predicted octanol–water partition coefficient (Wildman–Crippen LogP) is 5.59. The van der Waals surface area contributed by atoms with Crippen LogP contribution in [-0.2, 0) is 0 Å². The van der Waals surface area contributed by atoms with Crippen LogP contribution in [0.4, 0.5) is 0 Å². The Bertz CT molecular complexity index is 365. The zero-order valence-corrected chi connectivity index (χ0v) is 16.9. The molecule has 3 heteroatoms. The maximum Gasteiger partial charge on any atom is 0.103 e. The van der Waals surface area contributed by atoms with Crippen LogP contribution >= 0.6 is 0 Å². The van der Waals surface area contributed by atoms with Gasteiger partial charge in [0.25, 0.3) is 0 Å². The lowest BCUT2D eigenvalue weighted by Crippen LogP contribution is -2.35. The van der Waals surface area contributed by atoms with Gasteiger partial charge in [0.2, 0.25) is 0 Å². The molecule has 1 rings (SSSR count). The van der Waals surface area contributed by atoms with Crippen molar-refractivity contribution in [2.75, 3.05) is 26.2 Å². The van der Waals surface area contributed by atoms with E-state index in [1.807, 2.05) is 0 Å². The fourth-order valence-corrected chi connectivity index (χ4v) is 3.64. The van der Waals surface area contributed by atoms with E-state index in [1.165, 1.54) is 70.0 Å². The smallest absolute Gasteiger partial charge is 0.103 e. The summed E-state index contributed by atoms with van der Waals surface area (Å²) in [5.74, 6) is 1.75. The van der Waals surface area contributed by atoms with Gasteiger partial charge in [-0.25, -0.2) is 0 Å². The summed E-state index contributed by atoms with van der Waals surface area (Å²) < 4.78 is 0. The van der Waals surface area contributed by atoms with Gasteiger partial charge in [-0.1, -0.05) is 77.4 Å². The summed E-state index contributed by atoms with van der Waals surface area (Å²) in [4.78, 5) is 6.95. The predicted molar refractivity (Wildman–Crippen MR) is 110 cm³/mol. The quantitative estimate of drug-likeness (QED) is 0.291. The minimum Gasteiger partial charge on any atom is -0.395 e. The number of aliphatic hydroxyl groups excluding tert-OH is 1. The number of β-amino-alcohol motifs (C(OH)–C–C–N with tert-alkyl or cyclic N) is 1. The number of aliphatic hydroxyl groups is 1. The molecule has 0 aromatic rings. The summed E-state index contributed by atoms with van der Waals surface area (Å²) in [5, 5.41) is 9.18. The number of amidine groups is 1. The number of allylic oxidation sites excluding steroid dienone is 2. The van der Waals surface area contributed by atoms with Crippen LogP contribution in [0.15, 0.2) is 17.1 Å². The average Bonchev–Trinajstić information content (AvgIpc) is 3.08. The van der Waals surface area contributed by atoms with Gasteiger partial charge in [-0.15, -0.1) is 0 Å². The van der Waals surface area contributed by atoms with Crippen molar-refractivity contribution in [1.82, 2.24) is 4.90 Å². The zero-order valence-electron chi connectivity index (χ0n) is 16.9. The Morgan fingerprint density at radius 1 is 1.00 bits per heavy atom. The zero-order chi connectivity index (χ0) is 18.2. The highest BCUT2D eigenvalue weighted by Gasteiger charge is 2.22. The number of unbranched alkanes of at least 4 members (excludes halogenated alkanes) is 9. The van der Waals surface area contributed by atoms with E-state index in [1.54, 1.807) is 0 Å². The van der Waals surface area contributed by atoms with Crippen LogP contribution in [0, 0.1) is 5.92 Å². The third-order valence-electron chi connectivity index (χ3n) is 5.26. The van der Waals surface area contributed by atoms with Gasteiger partial charge < -0.3 is 10.0 Å². The van der Waals surface area contributed by atoms with Crippen molar-refractivity contribution >= 4 is 5.84 Å². The molecule has 0 spiro atoms. The van der Waals surface area contributed by atoms with Crippen LogP contribution in [0.1, 0.15) is 90.9 Å². The van der Waals surface area contributed by atoms with Crippen molar-refractivity contribution in [3.05, 3.63) is 12.2 Å². The molecule has 1 aliphatic rings. The molecule has 1 unspecified atom stereocenters. The number of hydrogen-bond acceptors (Lipinski definition) is 3.